The Kier molecular flexibility index (Phi) is 5.22. The number of carboxylic acid groups (broad SMARTS) is 1. The zero-order chi connectivity index (χ0) is 18.9. The van der Waals surface area contributed by atoms with Crippen LogP contribution in [0.1, 0.15) is 24.0 Å². The van der Waals surface area contributed by atoms with E-state index in [-0.39, 0.29) is 12.5 Å². The van der Waals surface area contributed by atoms with Gasteiger partial charge in [0.25, 0.3) is 0 Å². The summed E-state index contributed by atoms with van der Waals surface area (Å²) >= 11 is 0. The molecule has 2 aliphatic rings. The molecule has 3 rings (SSSR count). The van der Waals surface area contributed by atoms with E-state index in [0.29, 0.717) is 38.0 Å². The SMILES string of the molecule is O=C(O)C1CCCN(CCc2ccc3c(c2)CCN3C(=O)C(F)(F)F)C1. The van der Waals surface area contributed by atoms with Crippen LogP contribution >= 0.6 is 0 Å². The first-order valence-electron chi connectivity index (χ1n) is 8.71. The minimum Gasteiger partial charge on any atom is -0.481 e. The zero-order valence-corrected chi connectivity index (χ0v) is 14.3. The molecule has 1 fully saturated rings. The first-order chi connectivity index (χ1) is 12.3. The lowest BCUT2D eigenvalue weighted by Crippen LogP contribution is -2.40. The van der Waals surface area contributed by atoms with Gasteiger partial charge in [-0.15, -0.1) is 0 Å². The lowest BCUT2D eigenvalue weighted by Gasteiger charge is -2.30. The highest BCUT2D eigenvalue weighted by Crippen LogP contribution is 2.32. The number of anilines is 1. The maximum Gasteiger partial charge on any atom is 0.471 e. The average Bonchev–Trinajstić information content (AvgIpc) is 3.01. The molecule has 2 aliphatic heterocycles. The Morgan fingerprint density at radius 3 is 2.69 bits per heavy atom. The van der Waals surface area contributed by atoms with Crippen LogP contribution in [0.15, 0.2) is 18.2 Å². The van der Waals surface area contributed by atoms with E-state index in [1.165, 1.54) is 0 Å². The molecule has 1 amide bonds. The molecule has 0 bridgehead atoms. The van der Waals surface area contributed by atoms with Crippen molar-refractivity contribution in [1.29, 1.82) is 0 Å². The van der Waals surface area contributed by atoms with Crippen molar-refractivity contribution >= 4 is 17.6 Å². The summed E-state index contributed by atoms with van der Waals surface area (Å²) in [6.07, 6.45) is -2.19. The topological polar surface area (TPSA) is 60.9 Å². The predicted octanol–water partition coefficient (Wildman–Crippen LogP) is 2.48. The highest BCUT2D eigenvalue weighted by molar-refractivity contribution is 5.99. The fourth-order valence-electron chi connectivity index (χ4n) is 3.72. The second-order valence-electron chi connectivity index (χ2n) is 6.90. The van der Waals surface area contributed by atoms with Gasteiger partial charge in [0.15, 0.2) is 0 Å². The van der Waals surface area contributed by atoms with Gasteiger partial charge in [0, 0.05) is 25.3 Å². The average molecular weight is 370 g/mol. The van der Waals surface area contributed by atoms with Gasteiger partial charge in [0.2, 0.25) is 0 Å². The molecule has 0 spiro atoms. The summed E-state index contributed by atoms with van der Waals surface area (Å²) in [5, 5.41) is 9.14. The van der Waals surface area contributed by atoms with E-state index in [2.05, 4.69) is 4.90 Å². The van der Waals surface area contributed by atoms with Gasteiger partial charge in [0.05, 0.1) is 5.92 Å². The number of carboxylic acids is 1. The minimum absolute atomic E-state index is 0.0452. The van der Waals surface area contributed by atoms with E-state index in [4.69, 9.17) is 5.11 Å². The van der Waals surface area contributed by atoms with E-state index in [1.54, 1.807) is 12.1 Å². The molecule has 5 nitrogen and oxygen atoms in total. The van der Waals surface area contributed by atoms with Gasteiger partial charge in [-0.25, -0.2) is 0 Å². The molecule has 8 heteroatoms. The van der Waals surface area contributed by atoms with Crippen LogP contribution in [-0.4, -0.2) is 54.2 Å². The van der Waals surface area contributed by atoms with Gasteiger partial charge >= 0.3 is 18.1 Å². The Morgan fingerprint density at radius 2 is 2.00 bits per heavy atom. The number of benzene rings is 1. The van der Waals surface area contributed by atoms with Crippen LogP contribution in [0.25, 0.3) is 0 Å². The van der Waals surface area contributed by atoms with Crippen LogP contribution in [-0.2, 0) is 22.4 Å². The highest BCUT2D eigenvalue weighted by atomic mass is 19.4. The van der Waals surface area contributed by atoms with E-state index < -0.39 is 18.1 Å². The molecule has 0 aromatic heterocycles. The molecule has 2 heterocycles. The quantitative estimate of drug-likeness (QED) is 0.885. The van der Waals surface area contributed by atoms with E-state index in [9.17, 15) is 22.8 Å². The number of hydrogen-bond acceptors (Lipinski definition) is 3. The van der Waals surface area contributed by atoms with Gasteiger partial charge in [0.1, 0.15) is 0 Å². The number of nitrogens with zero attached hydrogens (tertiary/aromatic N) is 2. The van der Waals surface area contributed by atoms with Crippen LogP contribution in [0.2, 0.25) is 0 Å². The van der Waals surface area contributed by atoms with Crippen molar-refractivity contribution < 1.29 is 27.9 Å². The lowest BCUT2D eigenvalue weighted by atomic mass is 9.97. The molecule has 1 N–H and O–H groups in total. The summed E-state index contributed by atoms with van der Waals surface area (Å²) in [7, 11) is 0. The molecular formula is C18H21F3N2O3. The third-order valence-corrected chi connectivity index (χ3v) is 5.10. The standard InChI is InChI=1S/C18H21F3N2O3/c19-18(20,21)17(26)23-9-6-13-10-12(3-4-15(13)23)5-8-22-7-1-2-14(11-22)16(24)25/h3-4,10,14H,1-2,5-9,11H2,(H,24,25). The van der Waals surface area contributed by atoms with Gasteiger partial charge < -0.3 is 14.9 Å². The van der Waals surface area contributed by atoms with Crippen molar-refractivity contribution in [3.05, 3.63) is 29.3 Å². The fourth-order valence-corrected chi connectivity index (χ4v) is 3.72. The number of fused-ring (bicyclic) bond motifs is 1. The van der Waals surface area contributed by atoms with Crippen molar-refractivity contribution in [2.24, 2.45) is 5.92 Å². The Bertz CT molecular complexity index is 705. The summed E-state index contributed by atoms with van der Waals surface area (Å²) in [5.41, 5.74) is 2.07. The number of carbonyl (C=O) groups excluding carboxylic acids is 1. The van der Waals surface area contributed by atoms with E-state index >= 15 is 0 Å². The van der Waals surface area contributed by atoms with Crippen molar-refractivity contribution in [3.63, 3.8) is 0 Å². The molecule has 1 unspecified atom stereocenters. The number of aliphatic carboxylic acids is 1. The molecule has 1 atom stereocenters. The highest BCUT2D eigenvalue weighted by Gasteiger charge is 2.44. The number of piperidine rings is 1. The number of amides is 1. The van der Waals surface area contributed by atoms with Crippen LogP contribution in [0.3, 0.4) is 0 Å². The molecule has 142 valence electrons. The van der Waals surface area contributed by atoms with Crippen LogP contribution in [0.5, 0.6) is 0 Å². The van der Waals surface area contributed by atoms with Crippen molar-refractivity contribution in [2.45, 2.75) is 31.9 Å². The van der Waals surface area contributed by atoms with E-state index in [0.717, 1.165) is 29.0 Å². The second-order valence-corrected chi connectivity index (χ2v) is 6.90. The molecule has 1 saturated heterocycles. The summed E-state index contributed by atoms with van der Waals surface area (Å²) in [4.78, 5) is 25.5. The number of halogens is 3. The molecule has 26 heavy (non-hydrogen) atoms. The number of alkyl halides is 3. The lowest BCUT2D eigenvalue weighted by molar-refractivity contribution is -0.170. The summed E-state index contributed by atoms with van der Waals surface area (Å²) in [6.45, 7) is 2.16. The summed E-state index contributed by atoms with van der Waals surface area (Å²) < 4.78 is 38.0. The van der Waals surface area contributed by atoms with Crippen molar-refractivity contribution in [1.82, 2.24) is 4.90 Å². The van der Waals surface area contributed by atoms with Crippen LogP contribution < -0.4 is 4.90 Å². The monoisotopic (exact) mass is 370 g/mol. The summed E-state index contributed by atoms with van der Waals surface area (Å²) in [6, 6.07) is 5.19. The molecule has 0 aliphatic carbocycles. The number of likely N-dealkylation sites (tertiary alicyclic amines) is 1. The van der Waals surface area contributed by atoms with Crippen molar-refractivity contribution in [2.75, 3.05) is 31.1 Å². The van der Waals surface area contributed by atoms with Crippen LogP contribution in [0.4, 0.5) is 18.9 Å². The number of hydrogen-bond donors (Lipinski definition) is 1. The summed E-state index contributed by atoms with van der Waals surface area (Å²) in [5.74, 6) is -2.91. The Hall–Kier alpha value is -2.09. The number of rotatable bonds is 4. The maximum atomic E-state index is 12.7. The van der Waals surface area contributed by atoms with Gasteiger partial charge in [-0.05, 0) is 49.4 Å². The molecular weight excluding hydrogens is 349 g/mol. The Morgan fingerprint density at radius 1 is 1.23 bits per heavy atom. The zero-order valence-electron chi connectivity index (χ0n) is 14.3. The fraction of sp³-hybridized carbons (Fsp3) is 0.556. The Labute approximate surface area is 149 Å². The van der Waals surface area contributed by atoms with Crippen LogP contribution in [0, 0.1) is 5.92 Å². The third-order valence-electron chi connectivity index (χ3n) is 5.10. The second kappa shape index (κ2) is 7.26. The third kappa shape index (κ3) is 4.00. The van der Waals surface area contributed by atoms with Gasteiger partial charge in [-0.3, -0.25) is 9.59 Å². The maximum absolute atomic E-state index is 12.7. The Balaban J connectivity index is 1.62. The first kappa shape index (κ1) is 18.7. The largest absolute Gasteiger partial charge is 0.481 e. The molecule has 0 saturated carbocycles. The molecule has 1 aromatic carbocycles. The molecule has 1 aromatic rings. The molecule has 0 radical (unpaired) electrons. The minimum atomic E-state index is -4.87. The predicted molar refractivity (Wildman–Crippen MR) is 89.1 cm³/mol. The van der Waals surface area contributed by atoms with Crippen molar-refractivity contribution in [3.8, 4) is 0 Å². The van der Waals surface area contributed by atoms with Gasteiger partial charge in [-0.2, -0.15) is 13.2 Å². The first-order valence-corrected chi connectivity index (χ1v) is 8.71. The smallest absolute Gasteiger partial charge is 0.471 e. The normalized spacial score (nSPS) is 20.9. The number of carbonyl (C=O) groups is 2. The van der Waals surface area contributed by atoms with Gasteiger partial charge in [-0.1, -0.05) is 12.1 Å². The van der Waals surface area contributed by atoms with E-state index in [1.807, 2.05) is 6.07 Å².